The summed E-state index contributed by atoms with van der Waals surface area (Å²) < 4.78 is 16.3. The molecule has 2 N–H and O–H groups in total. The summed E-state index contributed by atoms with van der Waals surface area (Å²) in [5.41, 5.74) is 6.49. The van der Waals surface area contributed by atoms with Crippen molar-refractivity contribution in [3.05, 3.63) is 29.8 Å². The molecule has 1 unspecified atom stereocenters. The van der Waals surface area contributed by atoms with Gasteiger partial charge in [-0.05, 0) is 42.2 Å². The zero-order valence-corrected chi connectivity index (χ0v) is 11.7. The first-order valence-electron chi connectivity index (χ1n) is 5.74. The van der Waals surface area contributed by atoms with Crippen LogP contribution in [0.1, 0.15) is 12.5 Å². The van der Waals surface area contributed by atoms with Gasteiger partial charge in [0.05, 0.1) is 7.11 Å². The van der Waals surface area contributed by atoms with Crippen molar-refractivity contribution in [3.63, 3.8) is 0 Å². The second kappa shape index (κ2) is 7.28. The van der Waals surface area contributed by atoms with Crippen LogP contribution in [0.4, 0.5) is 0 Å². The highest BCUT2D eigenvalue weighted by Crippen LogP contribution is 2.13. The van der Waals surface area contributed by atoms with Crippen LogP contribution in [-0.4, -0.2) is 35.2 Å². The lowest BCUT2D eigenvalue weighted by Gasteiger charge is -2.11. The Kier molecular flexibility index (Phi) is 6.01. The summed E-state index contributed by atoms with van der Waals surface area (Å²) in [4.78, 5) is 22.7. The minimum absolute atomic E-state index is 0.0149. The summed E-state index contributed by atoms with van der Waals surface area (Å²) in [6.45, 7) is 1.40. The first kappa shape index (κ1) is 15.7. The molecule has 0 heterocycles. The van der Waals surface area contributed by atoms with Gasteiger partial charge in [-0.15, -0.1) is 0 Å². The van der Waals surface area contributed by atoms with E-state index in [-0.39, 0.29) is 11.5 Å². The van der Waals surface area contributed by atoms with Crippen molar-refractivity contribution in [3.8, 4) is 0 Å². The highest BCUT2D eigenvalue weighted by atomic mass is 32.2. The smallest absolute Gasteiger partial charge is 0.322 e. The van der Waals surface area contributed by atoms with E-state index in [1.165, 1.54) is 14.0 Å². The molecule has 1 aromatic rings. The number of rotatable bonds is 6. The molecule has 0 spiro atoms. The largest absolute Gasteiger partial charge is 0.611 e. The number of ether oxygens (including phenoxy) is 1. The van der Waals surface area contributed by atoms with Crippen molar-refractivity contribution in [2.45, 2.75) is 24.3 Å². The number of Topliss-reactive ketones (excluding diaryl/α,β-unsaturated/α-hetero) is 1. The fraction of sp³-hybridized carbons (Fsp3) is 0.385. The molecule has 0 amide bonds. The molecule has 0 aliphatic carbocycles. The molecule has 0 aliphatic rings. The molecule has 0 bridgehead atoms. The molecule has 104 valence electrons. The molecule has 0 saturated carbocycles. The van der Waals surface area contributed by atoms with E-state index >= 15 is 0 Å². The molecule has 0 radical (unpaired) electrons. The van der Waals surface area contributed by atoms with Crippen LogP contribution in [0.3, 0.4) is 0 Å². The maximum Gasteiger partial charge on any atom is 0.322 e. The fourth-order valence-electron chi connectivity index (χ4n) is 1.53. The number of esters is 1. The number of hydrogen-bond acceptors (Lipinski definition) is 5. The van der Waals surface area contributed by atoms with Crippen molar-refractivity contribution in [1.29, 1.82) is 0 Å². The van der Waals surface area contributed by atoms with Gasteiger partial charge < -0.3 is 15.0 Å². The van der Waals surface area contributed by atoms with Crippen molar-refractivity contribution >= 4 is 22.9 Å². The zero-order valence-electron chi connectivity index (χ0n) is 10.9. The number of methoxy groups -OCH3 is 1. The number of nitrogens with two attached hydrogens (primary N) is 1. The standard InChI is InChI=1S/C13H17NO4S/c1-9(15)8-19(17)11-5-3-10(4-6-11)7-12(14)13(16)18-2/h3-6,12H,7-8,14H2,1-2H3/t12-,19?/m0/s1. The third kappa shape index (κ3) is 5.02. The quantitative estimate of drug-likeness (QED) is 0.603. The Morgan fingerprint density at radius 1 is 1.37 bits per heavy atom. The Morgan fingerprint density at radius 3 is 2.42 bits per heavy atom. The van der Waals surface area contributed by atoms with E-state index in [4.69, 9.17) is 5.73 Å². The van der Waals surface area contributed by atoms with Gasteiger partial charge in [0.25, 0.3) is 0 Å². The van der Waals surface area contributed by atoms with Gasteiger partial charge in [0.1, 0.15) is 6.04 Å². The van der Waals surface area contributed by atoms with E-state index < -0.39 is 23.2 Å². The number of carbonyl (C=O) groups excluding carboxylic acids is 2. The highest BCUT2D eigenvalue weighted by Gasteiger charge is 2.16. The topological polar surface area (TPSA) is 92.4 Å². The number of ketones is 1. The number of carbonyl (C=O) groups is 2. The highest BCUT2D eigenvalue weighted by molar-refractivity contribution is 7.92. The lowest BCUT2D eigenvalue weighted by molar-refractivity contribution is -0.142. The predicted molar refractivity (Wildman–Crippen MR) is 72.1 cm³/mol. The van der Waals surface area contributed by atoms with Crippen molar-refractivity contribution < 1.29 is 18.9 Å². The van der Waals surface area contributed by atoms with Crippen LogP contribution < -0.4 is 5.73 Å². The Balaban J connectivity index is 2.66. The molecule has 2 atom stereocenters. The van der Waals surface area contributed by atoms with Gasteiger partial charge in [-0.1, -0.05) is 12.1 Å². The molecule has 1 rings (SSSR count). The van der Waals surface area contributed by atoms with Gasteiger partial charge in [0.2, 0.25) is 0 Å². The van der Waals surface area contributed by atoms with Gasteiger partial charge in [-0.3, -0.25) is 9.59 Å². The third-order valence-electron chi connectivity index (χ3n) is 2.48. The normalized spacial score (nSPS) is 13.7. The molecule has 1 aromatic carbocycles. The first-order chi connectivity index (χ1) is 8.93. The minimum Gasteiger partial charge on any atom is -0.611 e. The molecule has 5 nitrogen and oxygen atoms in total. The second-order valence-electron chi connectivity index (χ2n) is 4.17. The van der Waals surface area contributed by atoms with Crippen LogP contribution >= 0.6 is 0 Å². The van der Waals surface area contributed by atoms with Gasteiger partial charge in [-0.25, -0.2) is 0 Å². The predicted octanol–water partition coefficient (Wildman–Crippen LogP) is 0.426. The summed E-state index contributed by atoms with van der Waals surface area (Å²) in [7, 11) is 1.29. The Morgan fingerprint density at radius 2 is 1.95 bits per heavy atom. The van der Waals surface area contributed by atoms with Crippen molar-refractivity contribution in [2.75, 3.05) is 12.9 Å². The molecule has 0 fully saturated rings. The maximum absolute atomic E-state index is 11.7. The zero-order chi connectivity index (χ0) is 14.4. The molecule has 19 heavy (non-hydrogen) atoms. The average Bonchev–Trinajstić information content (AvgIpc) is 2.37. The molecule has 0 aromatic heterocycles. The van der Waals surface area contributed by atoms with Crippen LogP contribution in [0, 0.1) is 0 Å². The van der Waals surface area contributed by atoms with E-state index in [0.717, 1.165) is 5.56 Å². The lowest BCUT2D eigenvalue weighted by Crippen LogP contribution is -2.33. The lowest BCUT2D eigenvalue weighted by atomic mass is 10.1. The molecular weight excluding hydrogens is 266 g/mol. The fourth-order valence-corrected chi connectivity index (χ4v) is 2.51. The number of benzene rings is 1. The van der Waals surface area contributed by atoms with Gasteiger partial charge in [-0.2, -0.15) is 0 Å². The maximum atomic E-state index is 11.7. The van der Waals surface area contributed by atoms with E-state index in [1.54, 1.807) is 24.3 Å². The van der Waals surface area contributed by atoms with Crippen LogP contribution in [0.2, 0.25) is 0 Å². The Hall–Kier alpha value is -1.37. The van der Waals surface area contributed by atoms with E-state index in [1.807, 2.05) is 0 Å². The minimum atomic E-state index is -1.32. The van der Waals surface area contributed by atoms with Gasteiger partial charge >= 0.3 is 5.97 Å². The molecule has 0 saturated heterocycles. The summed E-state index contributed by atoms with van der Waals surface area (Å²) in [5.74, 6) is -0.569. The van der Waals surface area contributed by atoms with Crippen LogP contribution in [0.15, 0.2) is 29.2 Å². The Bertz CT molecular complexity index is 446. The van der Waals surface area contributed by atoms with Crippen LogP contribution in [-0.2, 0) is 31.9 Å². The molecule has 0 aliphatic heterocycles. The van der Waals surface area contributed by atoms with Crippen LogP contribution in [0.5, 0.6) is 0 Å². The molecule has 6 heteroatoms. The van der Waals surface area contributed by atoms with E-state index in [9.17, 15) is 14.1 Å². The van der Waals surface area contributed by atoms with E-state index in [0.29, 0.717) is 11.3 Å². The van der Waals surface area contributed by atoms with E-state index in [2.05, 4.69) is 4.74 Å². The van der Waals surface area contributed by atoms with Gasteiger partial charge in [0, 0.05) is 0 Å². The second-order valence-corrected chi connectivity index (χ2v) is 5.62. The van der Waals surface area contributed by atoms with Crippen molar-refractivity contribution in [2.24, 2.45) is 5.73 Å². The summed E-state index contributed by atoms with van der Waals surface area (Å²) in [5, 5.41) is 0. The van der Waals surface area contributed by atoms with Crippen LogP contribution in [0.25, 0.3) is 0 Å². The number of hydrogen-bond donors (Lipinski definition) is 1. The summed E-state index contributed by atoms with van der Waals surface area (Å²) >= 11 is -1.32. The Labute approximate surface area is 115 Å². The third-order valence-corrected chi connectivity index (χ3v) is 3.95. The SMILES string of the molecule is COC(=O)[C@@H](N)Cc1ccc([S+]([O-])CC(C)=O)cc1. The van der Waals surface area contributed by atoms with Gasteiger partial charge in [0.15, 0.2) is 16.4 Å². The summed E-state index contributed by atoms with van der Waals surface area (Å²) in [6.07, 6.45) is 0.353. The average molecular weight is 283 g/mol. The summed E-state index contributed by atoms with van der Waals surface area (Å²) in [6, 6.07) is 6.14. The molecular formula is C13H17NO4S. The van der Waals surface area contributed by atoms with Crippen molar-refractivity contribution in [1.82, 2.24) is 0 Å². The first-order valence-corrected chi connectivity index (χ1v) is 7.06. The monoisotopic (exact) mass is 283 g/mol.